The van der Waals surface area contributed by atoms with Crippen LogP contribution in [0.5, 0.6) is 11.5 Å². The lowest BCUT2D eigenvalue weighted by atomic mass is 9.71. The molecule has 0 spiro atoms. The van der Waals surface area contributed by atoms with Crippen LogP contribution in [-0.2, 0) is 4.74 Å². The zero-order chi connectivity index (χ0) is 13.8. The van der Waals surface area contributed by atoms with Gasteiger partial charge in [0, 0.05) is 11.6 Å². The number of phenolic OH excluding ortho intramolecular Hbond substituents is 1. The number of hydrogen-bond donors (Lipinski definition) is 3. The number of rotatable bonds is 1. The molecule has 1 saturated heterocycles. The van der Waals surface area contributed by atoms with E-state index in [2.05, 4.69) is 0 Å². The zero-order valence-electron chi connectivity index (χ0n) is 10.3. The molecule has 0 amide bonds. The van der Waals surface area contributed by atoms with Crippen molar-refractivity contribution in [2.45, 2.75) is 11.7 Å². The zero-order valence-corrected chi connectivity index (χ0v) is 10.3. The van der Waals surface area contributed by atoms with Crippen LogP contribution >= 0.6 is 0 Å². The van der Waals surface area contributed by atoms with Gasteiger partial charge in [-0.25, -0.2) is 0 Å². The van der Waals surface area contributed by atoms with Gasteiger partial charge in [-0.2, -0.15) is 0 Å². The van der Waals surface area contributed by atoms with Crippen molar-refractivity contribution in [2.75, 3.05) is 20.3 Å². The van der Waals surface area contributed by atoms with Gasteiger partial charge in [-0.05, 0) is 6.07 Å². The van der Waals surface area contributed by atoms with Gasteiger partial charge in [0.1, 0.15) is 23.2 Å². The minimum absolute atomic E-state index is 0.0356. The van der Waals surface area contributed by atoms with Gasteiger partial charge in [-0.1, -0.05) is 0 Å². The summed E-state index contributed by atoms with van der Waals surface area (Å²) in [5.74, 6) is -1.22. The van der Waals surface area contributed by atoms with Crippen LogP contribution in [0.25, 0.3) is 0 Å². The molecule has 1 fully saturated rings. The predicted octanol–water partition coefficient (Wildman–Crippen LogP) is 0.00800. The molecule has 2 aliphatic rings. The summed E-state index contributed by atoms with van der Waals surface area (Å²) in [4.78, 5) is 12.3. The van der Waals surface area contributed by atoms with E-state index >= 15 is 0 Å². The van der Waals surface area contributed by atoms with E-state index in [1.807, 2.05) is 0 Å². The van der Waals surface area contributed by atoms with Crippen molar-refractivity contribution < 1.29 is 29.6 Å². The van der Waals surface area contributed by atoms with Gasteiger partial charge < -0.3 is 24.8 Å². The largest absolute Gasteiger partial charge is 0.507 e. The second-order valence-electron chi connectivity index (χ2n) is 4.94. The molecule has 0 aromatic heterocycles. The molecule has 0 saturated carbocycles. The van der Waals surface area contributed by atoms with E-state index in [0.29, 0.717) is 5.75 Å². The fraction of sp³-hybridized carbons (Fsp3) is 0.462. The highest BCUT2D eigenvalue weighted by Crippen LogP contribution is 2.47. The van der Waals surface area contributed by atoms with Crippen LogP contribution in [0.15, 0.2) is 12.1 Å². The van der Waals surface area contributed by atoms with Crippen LogP contribution in [0.4, 0.5) is 0 Å². The van der Waals surface area contributed by atoms with Crippen molar-refractivity contribution in [3.8, 4) is 11.5 Å². The summed E-state index contributed by atoms with van der Waals surface area (Å²) in [6, 6.07) is 2.76. The number of fused-ring (bicyclic) bond motifs is 2. The van der Waals surface area contributed by atoms with E-state index in [1.165, 1.54) is 19.2 Å². The summed E-state index contributed by atoms with van der Waals surface area (Å²) in [6.45, 7) is -0.0702. The lowest BCUT2D eigenvalue weighted by molar-refractivity contribution is -0.0979. The van der Waals surface area contributed by atoms with Crippen LogP contribution in [-0.4, -0.2) is 47.0 Å². The van der Waals surface area contributed by atoms with Crippen molar-refractivity contribution in [2.24, 2.45) is 5.92 Å². The number of benzene rings is 1. The Morgan fingerprint density at radius 3 is 2.89 bits per heavy atom. The Morgan fingerprint density at radius 2 is 2.21 bits per heavy atom. The molecule has 1 unspecified atom stereocenters. The number of aromatic hydroxyl groups is 1. The van der Waals surface area contributed by atoms with Crippen LogP contribution in [0.2, 0.25) is 0 Å². The quantitative estimate of drug-likeness (QED) is 0.662. The highest BCUT2D eigenvalue weighted by molar-refractivity contribution is 6.04. The molecule has 1 aliphatic heterocycles. The summed E-state index contributed by atoms with van der Waals surface area (Å²) >= 11 is 0. The first-order valence-electron chi connectivity index (χ1n) is 5.92. The Balaban J connectivity index is 2.22. The smallest absolute Gasteiger partial charge is 0.175 e. The summed E-state index contributed by atoms with van der Waals surface area (Å²) in [5.41, 5.74) is -1.43. The van der Waals surface area contributed by atoms with Crippen LogP contribution < -0.4 is 4.74 Å². The molecule has 3 atom stereocenters. The van der Waals surface area contributed by atoms with Gasteiger partial charge in [-0.3, -0.25) is 4.79 Å². The minimum atomic E-state index is -1.64. The monoisotopic (exact) mass is 266 g/mol. The van der Waals surface area contributed by atoms with Gasteiger partial charge in [0.25, 0.3) is 0 Å². The Labute approximate surface area is 109 Å². The molecule has 6 heteroatoms. The Morgan fingerprint density at radius 1 is 1.47 bits per heavy atom. The summed E-state index contributed by atoms with van der Waals surface area (Å²) in [6.07, 6.45) is -1.30. The molecule has 0 radical (unpaired) electrons. The third-order valence-corrected chi connectivity index (χ3v) is 3.91. The van der Waals surface area contributed by atoms with Crippen LogP contribution in [0, 0.1) is 5.92 Å². The average molecular weight is 266 g/mol. The topological polar surface area (TPSA) is 96.2 Å². The third-order valence-electron chi connectivity index (χ3n) is 3.91. The molecular weight excluding hydrogens is 252 g/mol. The molecule has 1 heterocycles. The molecule has 1 aromatic carbocycles. The number of aliphatic hydroxyl groups excluding tert-OH is 1. The summed E-state index contributed by atoms with van der Waals surface area (Å²) in [5, 5.41) is 30.7. The van der Waals surface area contributed by atoms with Crippen LogP contribution in [0.1, 0.15) is 22.0 Å². The van der Waals surface area contributed by atoms with E-state index in [1.54, 1.807) is 0 Å². The number of carbonyl (C=O) groups excluding carboxylic acids is 1. The van der Waals surface area contributed by atoms with Gasteiger partial charge >= 0.3 is 0 Å². The van der Waals surface area contributed by atoms with Crippen molar-refractivity contribution in [1.82, 2.24) is 0 Å². The number of methoxy groups -OCH3 is 1. The second-order valence-corrected chi connectivity index (χ2v) is 4.94. The van der Waals surface area contributed by atoms with Crippen molar-refractivity contribution in [3.05, 3.63) is 23.3 Å². The maximum atomic E-state index is 12.3. The van der Waals surface area contributed by atoms with Gasteiger partial charge in [-0.15, -0.1) is 0 Å². The second kappa shape index (κ2) is 3.93. The molecule has 3 N–H and O–H groups in total. The SMILES string of the molecule is COc1cc(O)c2c(c1)[C@@H](O)[C@@]1(O)COCC1C2=O. The van der Waals surface area contributed by atoms with Crippen molar-refractivity contribution >= 4 is 5.78 Å². The number of aliphatic hydroxyl groups is 2. The van der Waals surface area contributed by atoms with E-state index < -0.39 is 23.4 Å². The van der Waals surface area contributed by atoms with E-state index in [4.69, 9.17) is 9.47 Å². The minimum Gasteiger partial charge on any atom is -0.507 e. The number of carbonyl (C=O) groups is 1. The highest BCUT2D eigenvalue weighted by Gasteiger charge is 2.57. The van der Waals surface area contributed by atoms with E-state index in [9.17, 15) is 20.1 Å². The maximum Gasteiger partial charge on any atom is 0.175 e. The Bertz CT molecular complexity index is 554. The molecule has 0 bridgehead atoms. The van der Waals surface area contributed by atoms with Gasteiger partial charge in [0.05, 0.1) is 31.8 Å². The highest BCUT2D eigenvalue weighted by atomic mass is 16.5. The lowest BCUT2D eigenvalue weighted by Crippen LogP contribution is -2.50. The molecular formula is C13H14O6. The fourth-order valence-electron chi connectivity index (χ4n) is 2.82. The average Bonchev–Trinajstić information content (AvgIpc) is 2.79. The number of hydrogen-bond acceptors (Lipinski definition) is 6. The van der Waals surface area contributed by atoms with Crippen molar-refractivity contribution in [1.29, 1.82) is 0 Å². The van der Waals surface area contributed by atoms with Crippen LogP contribution in [0.3, 0.4) is 0 Å². The molecule has 1 aromatic rings. The Kier molecular flexibility index (Phi) is 2.57. The summed E-state index contributed by atoms with van der Waals surface area (Å²) < 4.78 is 10.1. The summed E-state index contributed by atoms with van der Waals surface area (Å²) in [7, 11) is 1.41. The fourth-order valence-corrected chi connectivity index (χ4v) is 2.82. The van der Waals surface area contributed by atoms with E-state index in [0.717, 1.165) is 0 Å². The number of ether oxygens (including phenoxy) is 2. The predicted molar refractivity (Wildman–Crippen MR) is 63.2 cm³/mol. The normalized spacial score (nSPS) is 32.9. The van der Waals surface area contributed by atoms with E-state index in [-0.39, 0.29) is 30.1 Å². The molecule has 6 nitrogen and oxygen atoms in total. The van der Waals surface area contributed by atoms with Gasteiger partial charge in [0.15, 0.2) is 5.78 Å². The molecule has 1 aliphatic carbocycles. The molecule has 3 rings (SSSR count). The first kappa shape index (κ1) is 12.4. The Hall–Kier alpha value is -1.63. The molecule has 102 valence electrons. The lowest BCUT2D eigenvalue weighted by Gasteiger charge is -2.37. The van der Waals surface area contributed by atoms with Gasteiger partial charge in [0.2, 0.25) is 0 Å². The molecule has 19 heavy (non-hydrogen) atoms. The third kappa shape index (κ3) is 1.51. The number of phenols is 1. The first-order valence-corrected chi connectivity index (χ1v) is 5.92. The standard InChI is InChI=1S/C13H14O6/c1-18-6-2-7-10(9(14)3-6)11(15)8-4-19-5-13(8,17)12(7)16/h2-3,8,12,14,16-17H,4-5H2,1H3/t8?,12-,13-/m1/s1. The maximum absolute atomic E-state index is 12.3. The number of Topliss-reactive ketones (excluding diaryl/α,β-unsaturated/α-hetero) is 1. The van der Waals surface area contributed by atoms with Crippen molar-refractivity contribution in [3.63, 3.8) is 0 Å². The number of ketones is 1. The first-order chi connectivity index (χ1) is 8.99.